The van der Waals surface area contributed by atoms with Crippen LogP contribution in [-0.4, -0.2) is 94.3 Å². The molecule has 5 N–H and O–H groups in total. The lowest BCUT2D eigenvalue weighted by atomic mass is 9.99. The minimum Gasteiger partial charge on any atom is -0.394 e. The van der Waals surface area contributed by atoms with Crippen LogP contribution in [0.5, 0.6) is 0 Å². The van der Waals surface area contributed by atoms with Crippen molar-refractivity contribution in [3.05, 3.63) is 0 Å². The summed E-state index contributed by atoms with van der Waals surface area (Å²) >= 11 is 0. The third-order valence-electron chi connectivity index (χ3n) is 2.69. The smallest absolute Gasteiger partial charge is 0.394 e. The molecule has 1 saturated heterocycles. The van der Waals surface area contributed by atoms with Crippen molar-refractivity contribution in [1.82, 2.24) is 0 Å². The third-order valence-corrected chi connectivity index (χ3v) is 4.51. The van der Waals surface area contributed by atoms with E-state index in [1.54, 1.807) is 0 Å². The van der Waals surface area contributed by atoms with Gasteiger partial charge in [0.05, 0.1) is 6.61 Å². The minimum absolute atomic E-state index is 1.34. The number of ether oxygens (including phenoxy) is 1. The lowest BCUT2D eigenvalue weighted by Gasteiger charge is -2.42. The maximum Gasteiger partial charge on any atom is 0.399 e. The quantitative estimate of drug-likeness (QED) is 0.189. The Morgan fingerprint density at radius 2 is 0.964 bits per heavy atom. The van der Waals surface area contributed by atoms with Crippen LogP contribution in [0.15, 0.2) is 0 Å². The van der Waals surface area contributed by atoms with E-state index in [4.69, 9.17) is 18.2 Å². The van der Waals surface area contributed by atoms with Gasteiger partial charge in [-0.05, 0) is 0 Å². The van der Waals surface area contributed by atoms with Gasteiger partial charge >= 0.3 is 41.6 Å². The monoisotopic (exact) mass is 500 g/mol. The number of hydrogen-bond acceptors (Lipinski definition) is 14. The second-order valence-electron chi connectivity index (χ2n) is 4.72. The van der Waals surface area contributed by atoms with Crippen LogP contribution in [0.2, 0.25) is 0 Å². The maximum absolute atomic E-state index is 11.0. The van der Waals surface area contributed by atoms with E-state index in [1.165, 1.54) is 0 Å². The fourth-order valence-electron chi connectivity index (χ4n) is 1.97. The van der Waals surface area contributed by atoms with Crippen molar-refractivity contribution in [1.29, 1.82) is 0 Å². The van der Waals surface area contributed by atoms with Crippen molar-refractivity contribution >= 4 is 41.6 Å². The third kappa shape index (κ3) is 8.82. The number of hydrogen-bond donors (Lipinski definition) is 5. The summed E-state index contributed by atoms with van der Waals surface area (Å²) in [6.07, 6.45) is -13.0. The Labute approximate surface area is 157 Å². The summed E-state index contributed by atoms with van der Waals surface area (Å²) in [4.78, 5) is 0. The van der Waals surface area contributed by atoms with E-state index in [1.807, 2.05) is 0 Å². The molecular weight excluding hydrogens is 488 g/mol. The molecule has 5 atom stereocenters. The number of aliphatic hydroxyl groups excluding tert-OH is 1. The van der Waals surface area contributed by atoms with Crippen molar-refractivity contribution in [2.45, 2.75) is 30.7 Å². The van der Waals surface area contributed by atoms with Crippen molar-refractivity contribution in [3.63, 3.8) is 0 Å². The van der Waals surface area contributed by atoms with E-state index in [0.717, 1.165) is 0 Å². The molecule has 0 aromatic heterocycles. The van der Waals surface area contributed by atoms with Gasteiger partial charge < -0.3 is 9.84 Å². The highest BCUT2D eigenvalue weighted by molar-refractivity contribution is 7.81. The highest BCUT2D eigenvalue weighted by atomic mass is 32.3. The second-order valence-corrected chi connectivity index (χ2v) is 8.91. The van der Waals surface area contributed by atoms with Crippen LogP contribution in [-0.2, 0) is 63.1 Å². The Morgan fingerprint density at radius 1 is 0.607 bits per heavy atom. The second kappa shape index (κ2) is 8.64. The molecule has 0 aliphatic carbocycles. The zero-order valence-corrected chi connectivity index (χ0v) is 16.0. The predicted molar refractivity (Wildman–Crippen MR) is 77.6 cm³/mol. The largest absolute Gasteiger partial charge is 0.399 e. The van der Waals surface area contributed by atoms with E-state index < -0.39 is 78.9 Å². The average molecular weight is 500 g/mol. The van der Waals surface area contributed by atoms with Gasteiger partial charge in [-0.25, -0.2) is 16.7 Å². The van der Waals surface area contributed by atoms with Gasteiger partial charge in [0.1, 0.15) is 18.3 Å². The summed E-state index contributed by atoms with van der Waals surface area (Å²) in [6.45, 7) is -1.34. The fraction of sp³-hybridized carbons (Fsp3) is 1.00. The van der Waals surface area contributed by atoms with Gasteiger partial charge in [0.15, 0.2) is 6.10 Å². The van der Waals surface area contributed by atoms with Crippen molar-refractivity contribution < 1.29 is 78.5 Å². The molecule has 0 aromatic rings. The summed E-state index contributed by atoms with van der Waals surface area (Å²) in [5.74, 6) is 0. The Bertz CT molecular complexity index is 959. The van der Waals surface area contributed by atoms with E-state index in [-0.39, 0.29) is 0 Å². The first kappa shape index (κ1) is 25.4. The van der Waals surface area contributed by atoms with Crippen LogP contribution >= 0.6 is 0 Å². The first-order chi connectivity index (χ1) is 12.3. The summed E-state index contributed by atoms with van der Waals surface area (Å²) in [7, 11) is -22.2. The van der Waals surface area contributed by atoms with Crippen LogP contribution in [0.4, 0.5) is 0 Å². The molecule has 28 heavy (non-hydrogen) atoms. The normalized spacial score (nSPS) is 30.2. The maximum atomic E-state index is 11.0. The Kier molecular flexibility index (Phi) is 7.85. The Morgan fingerprint density at radius 3 is 1.32 bits per heavy atom. The summed E-state index contributed by atoms with van der Waals surface area (Å²) in [6, 6.07) is 0. The number of aliphatic hydroxyl groups is 1. The van der Waals surface area contributed by atoms with E-state index in [0.29, 0.717) is 0 Å². The molecular formula is C6H12O18S4. The van der Waals surface area contributed by atoms with Crippen LogP contribution in [0.3, 0.4) is 0 Å². The molecule has 1 heterocycles. The average Bonchev–Trinajstić information content (AvgIpc) is 2.39. The highest BCUT2D eigenvalue weighted by Crippen LogP contribution is 2.31. The first-order valence-corrected chi connectivity index (χ1v) is 11.7. The van der Waals surface area contributed by atoms with E-state index in [2.05, 4.69) is 21.5 Å². The molecule has 22 heteroatoms. The molecule has 168 valence electrons. The summed E-state index contributed by atoms with van der Waals surface area (Å²) < 4.78 is 143. The Balaban J connectivity index is 3.56. The zero-order chi connectivity index (χ0) is 22.1. The molecule has 1 aliphatic heterocycles. The zero-order valence-electron chi connectivity index (χ0n) is 12.8. The molecule has 18 nitrogen and oxygen atoms in total. The van der Waals surface area contributed by atoms with Crippen LogP contribution < -0.4 is 0 Å². The molecule has 1 aliphatic rings. The van der Waals surface area contributed by atoms with Gasteiger partial charge in [-0.2, -0.15) is 33.7 Å². The standard InChI is InChI=1S/C6H12O18S4/c7-1-2-3(21-25(8,9)10)4(22-26(11,12)13)5(23-27(14,15)16)6(20-2)24-28(17,18)19/h2-7H,1H2,(H,8,9,10)(H,11,12,13)(H,14,15,16)(H,17,18,19)/t2-,3-,4+,5-,6?/m1/s1. The van der Waals surface area contributed by atoms with Gasteiger partial charge in [0.25, 0.3) is 0 Å². The van der Waals surface area contributed by atoms with Crippen LogP contribution in [0, 0.1) is 0 Å². The molecule has 0 spiro atoms. The first-order valence-electron chi connectivity index (χ1n) is 6.20. The molecule has 1 fully saturated rings. The molecule has 0 saturated carbocycles. The molecule has 0 bridgehead atoms. The number of rotatable bonds is 9. The van der Waals surface area contributed by atoms with Gasteiger partial charge in [0.2, 0.25) is 6.29 Å². The predicted octanol–water partition coefficient (Wildman–Crippen LogP) is -3.91. The molecule has 0 radical (unpaired) electrons. The summed E-state index contributed by atoms with van der Waals surface area (Å²) in [5, 5.41) is 9.18. The van der Waals surface area contributed by atoms with Gasteiger partial charge in [-0.15, -0.1) is 0 Å². The molecule has 1 unspecified atom stereocenters. The lowest BCUT2D eigenvalue weighted by molar-refractivity contribution is -0.262. The van der Waals surface area contributed by atoms with Crippen LogP contribution in [0.1, 0.15) is 0 Å². The molecule has 0 amide bonds. The van der Waals surface area contributed by atoms with Crippen molar-refractivity contribution in [2.75, 3.05) is 6.61 Å². The van der Waals surface area contributed by atoms with Crippen molar-refractivity contribution in [3.8, 4) is 0 Å². The van der Waals surface area contributed by atoms with Gasteiger partial charge in [-0.3, -0.25) is 18.2 Å². The van der Waals surface area contributed by atoms with Gasteiger partial charge in [0, 0.05) is 0 Å². The Hall–Kier alpha value is -0.600. The topological polar surface area (TPSA) is 284 Å². The molecule has 0 aromatic carbocycles. The van der Waals surface area contributed by atoms with E-state index in [9.17, 15) is 38.8 Å². The van der Waals surface area contributed by atoms with Gasteiger partial charge in [-0.1, -0.05) is 0 Å². The fourth-order valence-corrected chi connectivity index (χ4v) is 3.86. The lowest BCUT2D eigenvalue weighted by Crippen LogP contribution is -2.63. The SMILES string of the molecule is O=S(=O)(O)OC1O[C@H](CO)[C@@H](OS(=O)(=O)O)[C@H](OS(=O)(=O)O)[C@H]1OS(=O)(=O)O. The minimum atomic E-state index is -5.62. The van der Waals surface area contributed by atoms with Crippen molar-refractivity contribution in [2.24, 2.45) is 0 Å². The van der Waals surface area contributed by atoms with E-state index >= 15 is 0 Å². The van der Waals surface area contributed by atoms with Crippen LogP contribution in [0.25, 0.3) is 0 Å². The highest BCUT2D eigenvalue weighted by Gasteiger charge is 2.54. The summed E-state index contributed by atoms with van der Waals surface area (Å²) in [5.41, 5.74) is 0. The molecule has 1 rings (SSSR count).